The lowest BCUT2D eigenvalue weighted by Gasteiger charge is -2.08. The fourth-order valence-electron chi connectivity index (χ4n) is 1.21. The van der Waals surface area contributed by atoms with E-state index in [2.05, 4.69) is 15.6 Å². The molecule has 1 aromatic heterocycles. The molecule has 1 aromatic rings. The van der Waals surface area contributed by atoms with Crippen molar-refractivity contribution in [3.63, 3.8) is 0 Å². The Morgan fingerprint density at radius 2 is 2.00 bits per heavy atom. The Bertz CT molecular complexity index is 435. The van der Waals surface area contributed by atoms with Gasteiger partial charge < -0.3 is 10.6 Å². The third-order valence-corrected chi connectivity index (χ3v) is 2.43. The van der Waals surface area contributed by atoms with E-state index >= 15 is 0 Å². The number of hydrogen-bond donors (Lipinski definition) is 2. The van der Waals surface area contributed by atoms with Crippen molar-refractivity contribution < 1.29 is 9.59 Å². The van der Waals surface area contributed by atoms with Gasteiger partial charge in [-0.15, -0.1) is 0 Å². The molecule has 0 unspecified atom stereocenters. The highest BCUT2D eigenvalue weighted by Crippen LogP contribution is 2.06. The van der Waals surface area contributed by atoms with E-state index < -0.39 is 0 Å². The molecule has 0 radical (unpaired) electrons. The lowest BCUT2D eigenvalue weighted by Crippen LogP contribution is -2.36. The number of pyridine rings is 1. The summed E-state index contributed by atoms with van der Waals surface area (Å²) in [6, 6.07) is 3.07. The molecular formula is C12H16ClN3O2. The van der Waals surface area contributed by atoms with Crippen LogP contribution in [0.2, 0.25) is 5.15 Å². The smallest absolute Gasteiger partial charge is 0.251 e. The van der Waals surface area contributed by atoms with Crippen molar-refractivity contribution in [3.05, 3.63) is 29.0 Å². The first-order valence-corrected chi connectivity index (χ1v) is 6.06. The van der Waals surface area contributed by atoms with Crippen molar-refractivity contribution in [3.8, 4) is 0 Å². The molecule has 0 atom stereocenters. The zero-order valence-electron chi connectivity index (χ0n) is 10.4. The molecule has 0 saturated carbocycles. The summed E-state index contributed by atoms with van der Waals surface area (Å²) in [5.41, 5.74) is 0.449. The zero-order valence-corrected chi connectivity index (χ0v) is 11.1. The van der Waals surface area contributed by atoms with Crippen LogP contribution in [0.4, 0.5) is 0 Å². The molecule has 0 saturated heterocycles. The second-order valence-corrected chi connectivity index (χ2v) is 4.46. The minimum Gasteiger partial charge on any atom is -0.354 e. The molecule has 0 aliphatic carbocycles. The highest BCUT2D eigenvalue weighted by molar-refractivity contribution is 6.29. The van der Waals surface area contributed by atoms with Crippen LogP contribution in [-0.2, 0) is 4.79 Å². The van der Waals surface area contributed by atoms with Crippen LogP contribution < -0.4 is 10.6 Å². The fraction of sp³-hybridized carbons (Fsp3) is 0.417. The van der Waals surface area contributed by atoms with Crippen LogP contribution in [0.5, 0.6) is 0 Å². The Hall–Kier alpha value is -1.62. The molecule has 2 N–H and O–H groups in total. The molecule has 0 spiro atoms. The standard InChI is InChI=1S/C12H16ClN3O2/c1-8(2)11(17)15-5-6-16-12(18)9-3-4-14-10(13)7-9/h3-4,7-8H,5-6H2,1-2H3,(H,15,17)(H,16,18). The molecular weight excluding hydrogens is 254 g/mol. The van der Waals surface area contributed by atoms with Crippen molar-refractivity contribution in [2.75, 3.05) is 13.1 Å². The number of amides is 2. The summed E-state index contributed by atoms with van der Waals surface area (Å²) in [5, 5.41) is 5.66. The van der Waals surface area contributed by atoms with Gasteiger partial charge in [0.15, 0.2) is 0 Å². The van der Waals surface area contributed by atoms with Crippen molar-refractivity contribution in [2.45, 2.75) is 13.8 Å². The molecule has 0 aliphatic heterocycles. The Morgan fingerprint density at radius 1 is 1.33 bits per heavy atom. The molecule has 0 aliphatic rings. The SMILES string of the molecule is CC(C)C(=O)NCCNC(=O)c1ccnc(Cl)c1. The van der Waals surface area contributed by atoms with Crippen LogP contribution >= 0.6 is 11.6 Å². The summed E-state index contributed by atoms with van der Waals surface area (Å²) in [7, 11) is 0. The summed E-state index contributed by atoms with van der Waals surface area (Å²) in [6.45, 7) is 4.40. The van der Waals surface area contributed by atoms with E-state index in [1.165, 1.54) is 12.3 Å². The number of hydrogen-bond acceptors (Lipinski definition) is 3. The molecule has 6 heteroatoms. The second-order valence-electron chi connectivity index (χ2n) is 4.07. The van der Waals surface area contributed by atoms with Gasteiger partial charge in [-0.25, -0.2) is 4.98 Å². The van der Waals surface area contributed by atoms with E-state index in [1.54, 1.807) is 6.07 Å². The molecule has 1 rings (SSSR count). The first-order chi connectivity index (χ1) is 8.50. The summed E-state index contributed by atoms with van der Waals surface area (Å²) in [4.78, 5) is 26.7. The van der Waals surface area contributed by atoms with Crippen LogP contribution in [0.15, 0.2) is 18.3 Å². The first-order valence-electron chi connectivity index (χ1n) is 5.68. The molecule has 18 heavy (non-hydrogen) atoms. The van der Waals surface area contributed by atoms with Gasteiger partial charge in [0.1, 0.15) is 5.15 Å². The molecule has 0 aromatic carbocycles. The molecule has 98 valence electrons. The van der Waals surface area contributed by atoms with Gasteiger partial charge in [-0.1, -0.05) is 25.4 Å². The van der Waals surface area contributed by atoms with Gasteiger partial charge in [-0.05, 0) is 12.1 Å². The van der Waals surface area contributed by atoms with Crippen LogP contribution in [0.25, 0.3) is 0 Å². The third kappa shape index (κ3) is 4.71. The number of aromatic nitrogens is 1. The molecule has 1 heterocycles. The number of nitrogens with zero attached hydrogens (tertiary/aromatic N) is 1. The second kappa shape index (κ2) is 6.96. The Labute approximate surface area is 111 Å². The zero-order chi connectivity index (χ0) is 13.5. The predicted molar refractivity (Wildman–Crippen MR) is 69.4 cm³/mol. The normalized spacial score (nSPS) is 10.2. The van der Waals surface area contributed by atoms with Gasteiger partial charge in [0.05, 0.1) is 0 Å². The molecule has 0 bridgehead atoms. The summed E-state index contributed by atoms with van der Waals surface area (Å²) >= 11 is 5.68. The molecule has 2 amide bonds. The van der Waals surface area contributed by atoms with E-state index in [-0.39, 0.29) is 22.9 Å². The highest BCUT2D eigenvalue weighted by Gasteiger charge is 2.07. The average molecular weight is 270 g/mol. The maximum atomic E-state index is 11.7. The predicted octanol–water partition coefficient (Wildman–Crippen LogP) is 1.24. The van der Waals surface area contributed by atoms with Crippen molar-refractivity contribution in [1.82, 2.24) is 15.6 Å². The van der Waals surface area contributed by atoms with Crippen LogP contribution in [-0.4, -0.2) is 29.9 Å². The van der Waals surface area contributed by atoms with Crippen LogP contribution in [0.3, 0.4) is 0 Å². The summed E-state index contributed by atoms with van der Waals surface area (Å²) in [6.07, 6.45) is 1.47. The Kier molecular flexibility index (Phi) is 5.58. The minimum atomic E-state index is -0.238. The molecule has 0 fully saturated rings. The maximum Gasteiger partial charge on any atom is 0.251 e. The number of carbonyl (C=O) groups excluding carboxylic acids is 2. The maximum absolute atomic E-state index is 11.7. The van der Waals surface area contributed by atoms with Gasteiger partial charge in [0.25, 0.3) is 5.91 Å². The average Bonchev–Trinajstić information content (AvgIpc) is 2.33. The summed E-state index contributed by atoms with van der Waals surface area (Å²) < 4.78 is 0. The quantitative estimate of drug-likeness (QED) is 0.624. The summed E-state index contributed by atoms with van der Waals surface area (Å²) in [5.74, 6) is -0.325. The van der Waals surface area contributed by atoms with Crippen LogP contribution in [0.1, 0.15) is 24.2 Å². The van der Waals surface area contributed by atoms with Gasteiger partial charge in [0.2, 0.25) is 5.91 Å². The van der Waals surface area contributed by atoms with Gasteiger partial charge >= 0.3 is 0 Å². The topological polar surface area (TPSA) is 71.1 Å². The fourth-order valence-corrected chi connectivity index (χ4v) is 1.39. The van der Waals surface area contributed by atoms with Gasteiger partial charge in [0, 0.05) is 30.8 Å². The van der Waals surface area contributed by atoms with Gasteiger partial charge in [-0.2, -0.15) is 0 Å². The lowest BCUT2D eigenvalue weighted by molar-refractivity contribution is -0.123. The van der Waals surface area contributed by atoms with Crippen molar-refractivity contribution in [1.29, 1.82) is 0 Å². The van der Waals surface area contributed by atoms with E-state index in [4.69, 9.17) is 11.6 Å². The van der Waals surface area contributed by atoms with Crippen LogP contribution in [0, 0.1) is 5.92 Å². The molecule has 5 nitrogen and oxygen atoms in total. The van der Waals surface area contributed by atoms with E-state index in [0.29, 0.717) is 18.7 Å². The Morgan fingerprint density at radius 3 is 2.61 bits per heavy atom. The highest BCUT2D eigenvalue weighted by atomic mass is 35.5. The Balaban J connectivity index is 2.32. The monoisotopic (exact) mass is 269 g/mol. The third-order valence-electron chi connectivity index (χ3n) is 2.22. The van der Waals surface area contributed by atoms with Crippen molar-refractivity contribution in [2.24, 2.45) is 5.92 Å². The number of halogens is 1. The van der Waals surface area contributed by atoms with E-state index in [9.17, 15) is 9.59 Å². The van der Waals surface area contributed by atoms with E-state index in [0.717, 1.165) is 0 Å². The first kappa shape index (κ1) is 14.4. The minimum absolute atomic E-state index is 0.0313. The van der Waals surface area contributed by atoms with Gasteiger partial charge in [-0.3, -0.25) is 9.59 Å². The van der Waals surface area contributed by atoms with Crippen molar-refractivity contribution >= 4 is 23.4 Å². The lowest BCUT2D eigenvalue weighted by atomic mass is 10.2. The number of carbonyl (C=O) groups is 2. The number of rotatable bonds is 5. The number of nitrogens with one attached hydrogen (secondary N) is 2. The largest absolute Gasteiger partial charge is 0.354 e. The van der Waals surface area contributed by atoms with E-state index in [1.807, 2.05) is 13.8 Å².